The van der Waals surface area contributed by atoms with E-state index < -0.39 is 0 Å². The molecule has 0 aromatic heterocycles. The number of nitrogens with one attached hydrogen (secondary N) is 1. The van der Waals surface area contributed by atoms with Crippen LogP contribution in [0.3, 0.4) is 0 Å². The predicted molar refractivity (Wildman–Crippen MR) is 70.7 cm³/mol. The first kappa shape index (κ1) is 14.3. The van der Waals surface area contributed by atoms with Crippen molar-refractivity contribution < 1.29 is 14.6 Å². The van der Waals surface area contributed by atoms with E-state index in [0.29, 0.717) is 27.4 Å². The summed E-state index contributed by atoms with van der Waals surface area (Å²) >= 11 is 9.19. The van der Waals surface area contributed by atoms with Gasteiger partial charge in [0, 0.05) is 18.1 Å². The molecule has 0 unspecified atom stereocenters. The van der Waals surface area contributed by atoms with Gasteiger partial charge in [-0.05, 0) is 34.5 Å². The Morgan fingerprint density at radius 2 is 2.29 bits per heavy atom. The highest BCUT2D eigenvalue weighted by molar-refractivity contribution is 9.10. The molecular formula is C11H13BrClNO3. The van der Waals surface area contributed by atoms with Crippen molar-refractivity contribution in [2.45, 2.75) is 12.8 Å². The largest absolute Gasteiger partial charge is 0.493 e. The van der Waals surface area contributed by atoms with Gasteiger partial charge in [0.25, 0.3) is 0 Å². The summed E-state index contributed by atoms with van der Waals surface area (Å²) in [6.07, 6.45) is 0.680. The highest BCUT2D eigenvalue weighted by atomic mass is 79.9. The van der Waals surface area contributed by atoms with Crippen LogP contribution >= 0.6 is 27.5 Å². The summed E-state index contributed by atoms with van der Waals surface area (Å²) in [5.41, 5.74) is 0.509. The molecule has 0 radical (unpaired) electrons. The van der Waals surface area contributed by atoms with Crippen LogP contribution in [0.15, 0.2) is 16.6 Å². The number of methoxy groups -OCH3 is 1. The Labute approximate surface area is 113 Å². The zero-order valence-electron chi connectivity index (χ0n) is 9.30. The Kier molecular flexibility index (Phi) is 5.74. The van der Waals surface area contributed by atoms with E-state index in [1.54, 1.807) is 12.1 Å². The topological polar surface area (TPSA) is 58.6 Å². The molecule has 0 bridgehead atoms. The van der Waals surface area contributed by atoms with Crippen LogP contribution < -0.4 is 10.1 Å². The van der Waals surface area contributed by atoms with Gasteiger partial charge in [0.1, 0.15) is 0 Å². The molecule has 6 heteroatoms. The summed E-state index contributed by atoms with van der Waals surface area (Å²) in [6, 6.07) is 3.30. The minimum atomic E-state index is -0.188. The second-order valence-electron chi connectivity index (χ2n) is 3.34. The molecule has 0 heterocycles. The zero-order chi connectivity index (χ0) is 12.8. The number of hydrogen-bond donors (Lipinski definition) is 2. The molecule has 1 amide bonds. The first-order chi connectivity index (χ1) is 8.08. The molecule has 0 aliphatic carbocycles. The van der Waals surface area contributed by atoms with Gasteiger partial charge in [0.05, 0.1) is 17.3 Å². The Hall–Kier alpha value is -0.780. The average Bonchev–Trinajstić information content (AvgIpc) is 2.25. The van der Waals surface area contributed by atoms with Crippen LogP contribution in [0.5, 0.6) is 5.75 Å². The van der Waals surface area contributed by atoms with Gasteiger partial charge in [-0.2, -0.15) is 0 Å². The number of aliphatic hydroxyl groups is 1. The Bertz CT molecular complexity index is 412. The lowest BCUT2D eigenvalue weighted by atomic mass is 10.2. The number of aliphatic hydroxyl groups excluding tert-OH is 1. The number of halogens is 2. The highest BCUT2D eigenvalue weighted by Crippen LogP contribution is 2.36. The van der Waals surface area contributed by atoms with Crippen LogP contribution in [0.25, 0.3) is 0 Å². The van der Waals surface area contributed by atoms with Gasteiger partial charge in [-0.25, -0.2) is 0 Å². The Morgan fingerprint density at radius 3 is 2.88 bits per heavy atom. The maximum atomic E-state index is 11.5. The van der Waals surface area contributed by atoms with E-state index in [1.807, 2.05) is 0 Å². The van der Waals surface area contributed by atoms with Crippen LogP contribution in [0.4, 0.5) is 5.69 Å². The number of hydrogen-bond acceptors (Lipinski definition) is 3. The molecule has 0 saturated heterocycles. The Balaban J connectivity index is 2.85. The molecule has 0 atom stereocenters. The molecule has 0 saturated carbocycles. The van der Waals surface area contributed by atoms with Gasteiger partial charge >= 0.3 is 0 Å². The fourth-order valence-electron chi connectivity index (χ4n) is 1.31. The molecule has 2 N–H and O–H groups in total. The van der Waals surface area contributed by atoms with Crippen molar-refractivity contribution in [3.8, 4) is 5.75 Å². The van der Waals surface area contributed by atoms with E-state index in [1.165, 1.54) is 7.11 Å². The third kappa shape index (κ3) is 4.18. The van der Waals surface area contributed by atoms with E-state index in [0.717, 1.165) is 0 Å². The van der Waals surface area contributed by atoms with Crippen LogP contribution in [-0.4, -0.2) is 24.7 Å². The summed E-state index contributed by atoms with van der Waals surface area (Å²) in [7, 11) is 1.51. The van der Waals surface area contributed by atoms with Crippen LogP contribution in [0.2, 0.25) is 5.02 Å². The van der Waals surface area contributed by atoms with Crippen molar-refractivity contribution >= 4 is 39.1 Å². The number of carbonyl (C=O) groups excluding carboxylic acids is 1. The van der Waals surface area contributed by atoms with Gasteiger partial charge in [-0.3, -0.25) is 4.79 Å². The minimum absolute atomic E-state index is 0.0101. The summed E-state index contributed by atoms with van der Waals surface area (Å²) in [5.74, 6) is 0.332. The summed E-state index contributed by atoms with van der Waals surface area (Å²) < 4.78 is 5.84. The molecule has 94 valence electrons. The first-order valence-electron chi connectivity index (χ1n) is 5.02. The lowest BCUT2D eigenvalue weighted by Gasteiger charge is -2.12. The summed E-state index contributed by atoms with van der Waals surface area (Å²) in [4.78, 5) is 11.5. The van der Waals surface area contributed by atoms with Crippen LogP contribution in [-0.2, 0) is 4.79 Å². The fourth-order valence-corrected chi connectivity index (χ4v) is 2.29. The maximum Gasteiger partial charge on any atom is 0.224 e. The third-order valence-corrected chi connectivity index (χ3v) is 2.86. The van der Waals surface area contributed by atoms with Gasteiger partial charge < -0.3 is 15.2 Å². The van der Waals surface area contributed by atoms with Gasteiger partial charge in [0.2, 0.25) is 5.91 Å². The summed E-state index contributed by atoms with van der Waals surface area (Å²) in [5, 5.41) is 11.8. The fraction of sp³-hybridized carbons (Fsp3) is 0.364. The third-order valence-electron chi connectivity index (χ3n) is 2.05. The van der Waals surface area contributed by atoms with E-state index >= 15 is 0 Å². The number of benzene rings is 1. The second kappa shape index (κ2) is 6.83. The minimum Gasteiger partial charge on any atom is -0.493 e. The summed E-state index contributed by atoms with van der Waals surface area (Å²) in [6.45, 7) is -0.0101. The number of amides is 1. The van der Waals surface area contributed by atoms with Crippen LogP contribution in [0.1, 0.15) is 12.8 Å². The molecule has 1 aromatic rings. The molecule has 0 spiro atoms. The number of carbonyl (C=O) groups is 1. The lowest BCUT2D eigenvalue weighted by Crippen LogP contribution is -2.12. The molecule has 1 rings (SSSR count). The van der Waals surface area contributed by atoms with Crippen molar-refractivity contribution in [3.63, 3.8) is 0 Å². The Morgan fingerprint density at radius 1 is 1.59 bits per heavy atom. The number of rotatable bonds is 5. The van der Waals surface area contributed by atoms with Crippen molar-refractivity contribution in [1.82, 2.24) is 0 Å². The SMILES string of the molecule is COc1c(Br)cc(Cl)cc1NC(=O)CCCO. The first-order valence-corrected chi connectivity index (χ1v) is 6.19. The smallest absolute Gasteiger partial charge is 0.224 e. The maximum absolute atomic E-state index is 11.5. The highest BCUT2D eigenvalue weighted by Gasteiger charge is 2.11. The monoisotopic (exact) mass is 321 g/mol. The molecule has 0 fully saturated rings. The molecule has 0 aliphatic heterocycles. The second-order valence-corrected chi connectivity index (χ2v) is 4.63. The van der Waals surface area contributed by atoms with Crippen molar-refractivity contribution in [3.05, 3.63) is 21.6 Å². The molecule has 4 nitrogen and oxygen atoms in total. The normalized spacial score (nSPS) is 10.1. The van der Waals surface area contributed by atoms with Gasteiger partial charge in [-0.15, -0.1) is 0 Å². The standard InChI is InChI=1S/C11H13BrClNO3/c1-17-11-8(12)5-7(13)6-9(11)14-10(16)3-2-4-15/h5-6,15H,2-4H2,1H3,(H,14,16). The van der Waals surface area contributed by atoms with Crippen molar-refractivity contribution in [2.24, 2.45) is 0 Å². The quantitative estimate of drug-likeness (QED) is 0.876. The van der Waals surface area contributed by atoms with E-state index in [2.05, 4.69) is 21.2 Å². The van der Waals surface area contributed by atoms with E-state index in [9.17, 15) is 4.79 Å². The molecular weight excluding hydrogens is 309 g/mol. The van der Waals surface area contributed by atoms with Crippen molar-refractivity contribution in [2.75, 3.05) is 19.0 Å². The van der Waals surface area contributed by atoms with Gasteiger partial charge in [0.15, 0.2) is 5.75 Å². The number of anilines is 1. The van der Waals surface area contributed by atoms with E-state index in [4.69, 9.17) is 21.4 Å². The predicted octanol–water partition coefficient (Wildman–Crippen LogP) is 2.82. The van der Waals surface area contributed by atoms with Crippen molar-refractivity contribution in [1.29, 1.82) is 0 Å². The van der Waals surface area contributed by atoms with Gasteiger partial charge in [-0.1, -0.05) is 11.6 Å². The lowest BCUT2D eigenvalue weighted by molar-refractivity contribution is -0.116. The molecule has 0 aliphatic rings. The molecule has 17 heavy (non-hydrogen) atoms. The van der Waals surface area contributed by atoms with E-state index in [-0.39, 0.29) is 18.9 Å². The van der Waals surface area contributed by atoms with Crippen LogP contribution in [0, 0.1) is 0 Å². The molecule has 1 aromatic carbocycles. The number of ether oxygens (including phenoxy) is 1. The zero-order valence-corrected chi connectivity index (χ0v) is 11.6. The average molecular weight is 323 g/mol.